The Kier molecular flexibility index (Phi) is 6.40. The molecule has 1 heterocycles. The Morgan fingerprint density at radius 3 is 2.60 bits per heavy atom. The third kappa shape index (κ3) is 5.38. The summed E-state index contributed by atoms with van der Waals surface area (Å²) in [7, 11) is 0. The van der Waals surface area contributed by atoms with Crippen LogP contribution in [-0.2, 0) is 15.7 Å². The highest BCUT2D eigenvalue weighted by atomic mass is 19.4. The summed E-state index contributed by atoms with van der Waals surface area (Å²) in [5, 5.41) is 13.0. The lowest BCUT2D eigenvalue weighted by Crippen LogP contribution is -2.36. The summed E-state index contributed by atoms with van der Waals surface area (Å²) >= 11 is 0. The third-order valence-electron chi connectivity index (χ3n) is 4.36. The topological polar surface area (TPSA) is 93.9 Å². The van der Waals surface area contributed by atoms with E-state index in [0.29, 0.717) is 32.0 Å². The van der Waals surface area contributed by atoms with E-state index in [1.165, 1.54) is 30.3 Å². The van der Waals surface area contributed by atoms with Crippen molar-refractivity contribution < 1.29 is 32.4 Å². The van der Waals surface area contributed by atoms with E-state index < -0.39 is 34.9 Å². The maximum Gasteiger partial charge on any atom is 0.418 e. The first-order valence-corrected chi connectivity index (χ1v) is 8.95. The molecule has 1 aliphatic heterocycles. The van der Waals surface area contributed by atoms with Crippen molar-refractivity contribution in [2.75, 3.05) is 43.1 Å². The molecule has 11 heteroatoms. The highest BCUT2D eigenvalue weighted by Gasteiger charge is 2.35. The zero-order valence-electron chi connectivity index (χ0n) is 15.6. The number of benzene rings is 2. The van der Waals surface area contributed by atoms with Crippen LogP contribution in [0.4, 0.5) is 30.2 Å². The summed E-state index contributed by atoms with van der Waals surface area (Å²) in [6.45, 7) is 1.19. The van der Waals surface area contributed by atoms with E-state index in [1.807, 2.05) is 0 Å². The first-order chi connectivity index (χ1) is 14.2. The van der Waals surface area contributed by atoms with Crippen LogP contribution >= 0.6 is 0 Å². The number of carbonyl (C=O) groups is 1. The SMILES string of the molecule is O=C(COc1cccc([N+](=O)[O-])c1)Nc1ccc(N2CCOCC2)cc1C(F)(F)F. The van der Waals surface area contributed by atoms with Gasteiger partial charge in [0.2, 0.25) is 0 Å². The van der Waals surface area contributed by atoms with Gasteiger partial charge in [-0.2, -0.15) is 13.2 Å². The molecular weight excluding hydrogens is 407 g/mol. The van der Waals surface area contributed by atoms with Gasteiger partial charge in [-0.05, 0) is 24.3 Å². The number of nitro groups is 1. The first kappa shape index (κ1) is 21.4. The molecule has 0 unspecified atom stereocenters. The molecule has 0 bridgehead atoms. The largest absolute Gasteiger partial charge is 0.484 e. The highest BCUT2D eigenvalue weighted by Crippen LogP contribution is 2.37. The minimum atomic E-state index is -4.67. The molecule has 1 amide bonds. The number of halogens is 3. The first-order valence-electron chi connectivity index (χ1n) is 8.95. The monoisotopic (exact) mass is 425 g/mol. The van der Waals surface area contributed by atoms with Crippen LogP contribution in [-0.4, -0.2) is 43.7 Å². The predicted molar refractivity (Wildman–Crippen MR) is 102 cm³/mol. The normalized spacial score (nSPS) is 14.3. The van der Waals surface area contributed by atoms with Crippen LogP contribution in [0.2, 0.25) is 0 Å². The Bertz CT molecular complexity index is 930. The molecule has 30 heavy (non-hydrogen) atoms. The number of amides is 1. The molecule has 3 rings (SSSR count). The maximum atomic E-state index is 13.5. The van der Waals surface area contributed by atoms with Gasteiger partial charge in [0.1, 0.15) is 5.75 Å². The number of ether oxygens (including phenoxy) is 2. The van der Waals surface area contributed by atoms with Crippen LogP contribution in [0.3, 0.4) is 0 Å². The van der Waals surface area contributed by atoms with Crippen molar-refractivity contribution >= 4 is 23.0 Å². The van der Waals surface area contributed by atoms with Crippen molar-refractivity contribution in [1.82, 2.24) is 0 Å². The van der Waals surface area contributed by atoms with Gasteiger partial charge >= 0.3 is 6.18 Å². The molecule has 2 aromatic carbocycles. The van der Waals surface area contributed by atoms with Crippen LogP contribution in [0.15, 0.2) is 42.5 Å². The lowest BCUT2D eigenvalue weighted by atomic mass is 10.1. The Morgan fingerprint density at radius 1 is 1.20 bits per heavy atom. The summed E-state index contributed by atoms with van der Waals surface area (Å²) in [5.41, 5.74) is -1.22. The van der Waals surface area contributed by atoms with Gasteiger partial charge in [-0.3, -0.25) is 14.9 Å². The fraction of sp³-hybridized carbons (Fsp3) is 0.316. The maximum absolute atomic E-state index is 13.5. The van der Waals surface area contributed by atoms with E-state index in [9.17, 15) is 28.1 Å². The molecule has 0 saturated carbocycles. The second-order valence-electron chi connectivity index (χ2n) is 6.42. The second kappa shape index (κ2) is 8.99. The van der Waals surface area contributed by atoms with E-state index in [2.05, 4.69) is 5.32 Å². The Morgan fingerprint density at radius 2 is 1.93 bits per heavy atom. The van der Waals surface area contributed by atoms with Crippen LogP contribution in [0.1, 0.15) is 5.56 Å². The summed E-state index contributed by atoms with van der Waals surface area (Å²) in [5.74, 6) is -0.774. The number of alkyl halides is 3. The van der Waals surface area contributed by atoms with Crippen LogP contribution in [0.5, 0.6) is 5.75 Å². The van der Waals surface area contributed by atoms with E-state index in [-0.39, 0.29) is 11.4 Å². The van der Waals surface area contributed by atoms with Gasteiger partial charge in [0.25, 0.3) is 11.6 Å². The fourth-order valence-electron chi connectivity index (χ4n) is 2.92. The Labute approximate surface area is 169 Å². The number of carbonyl (C=O) groups excluding carboxylic acids is 1. The summed E-state index contributed by atoms with van der Waals surface area (Å²) < 4.78 is 50.9. The molecule has 1 aliphatic rings. The van der Waals surface area contributed by atoms with Gasteiger partial charge in [0, 0.05) is 24.8 Å². The van der Waals surface area contributed by atoms with Gasteiger partial charge in [-0.25, -0.2) is 0 Å². The Balaban J connectivity index is 1.70. The van der Waals surface area contributed by atoms with Crippen molar-refractivity contribution in [1.29, 1.82) is 0 Å². The van der Waals surface area contributed by atoms with Gasteiger partial charge < -0.3 is 19.7 Å². The third-order valence-corrected chi connectivity index (χ3v) is 4.36. The van der Waals surface area contributed by atoms with Crippen molar-refractivity contribution in [3.05, 3.63) is 58.1 Å². The lowest BCUT2D eigenvalue weighted by Gasteiger charge is -2.29. The fourth-order valence-corrected chi connectivity index (χ4v) is 2.92. The summed E-state index contributed by atoms with van der Waals surface area (Å²) in [6.07, 6.45) is -4.67. The number of hydrogen-bond acceptors (Lipinski definition) is 6. The Hall–Kier alpha value is -3.34. The van der Waals surface area contributed by atoms with Gasteiger partial charge in [0.15, 0.2) is 6.61 Å². The number of nitrogens with one attached hydrogen (secondary N) is 1. The highest BCUT2D eigenvalue weighted by molar-refractivity contribution is 5.93. The van der Waals surface area contributed by atoms with Crippen LogP contribution < -0.4 is 15.0 Å². The van der Waals surface area contributed by atoms with Crippen molar-refractivity contribution in [3.8, 4) is 5.75 Å². The second-order valence-corrected chi connectivity index (χ2v) is 6.42. The molecule has 0 atom stereocenters. The summed E-state index contributed by atoms with van der Waals surface area (Å²) in [4.78, 5) is 24.0. The van der Waals surface area contributed by atoms with Crippen molar-refractivity contribution in [2.45, 2.75) is 6.18 Å². The number of nitro benzene ring substituents is 1. The molecule has 1 fully saturated rings. The van der Waals surface area contributed by atoms with Crippen molar-refractivity contribution in [2.24, 2.45) is 0 Å². The average molecular weight is 425 g/mol. The quantitative estimate of drug-likeness (QED) is 0.563. The molecule has 0 aromatic heterocycles. The average Bonchev–Trinajstić information content (AvgIpc) is 2.72. The molecule has 1 saturated heterocycles. The molecular formula is C19H18F3N3O5. The van der Waals surface area contributed by atoms with Gasteiger partial charge in [-0.1, -0.05) is 6.07 Å². The van der Waals surface area contributed by atoms with Gasteiger partial charge in [-0.15, -0.1) is 0 Å². The van der Waals surface area contributed by atoms with E-state index in [1.54, 1.807) is 4.90 Å². The molecule has 8 nitrogen and oxygen atoms in total. The van der Waals surface area contributed by atoms with Crippen LogP contribution in [0.25, 0.3) is 0 Å². The lowest BCUT2D eigenvalue weighted by molar-refractivity contribution is -0.384. The van der Waals surface area contributed by atoms with E-state index >= 15 is 0 Å². The molecule has 1 N–H and O–H groups in total. The number of nitrogens with zero attached hydrogens (tertiary/aromatic N) is 2. The number of morpholine rings is 1. The van der Waals surface area contributed by atoms with E-state index in [4.69, 9.17) is 9.47 Å². The van der Waals surface area contributed by atoms with Crippen molar-refractivity contribution in [3.63, 3.8) is 0 Å². The number of anilines is 2. The number of hydrogen-bond donors (Lipinski definition) is 1. The smallest absolute Gasteiger partial charge is 0.418 e. The number of rotatable bonds is 6. The number of non-ortho nitro benzene ring substituents is 1. The summed E-state index contributed by atoms with van der Waals surface area (Å²) in [6, 6.07) is 8.82. The van der Waals surface area contributed by atoms with Crippen LogP contribution in [0, 0.1) is 10.1 Å². The van der Waals surface area contributed by atoms with E-state index in [0.717, 1.165) is 12.1 Å². The standard InChI is InChI=1S/C19H18F3N3O5/c20-19(21,22)16-11-13(24-6-8-29-9-7-24)4-5-17(16)23-18(26)12-30-15-3-1-2-14(10-15)25(27)28/h1-5,10-11H,6-9,12H2,(H,23,26). The minimum absolute atomic E-state index is 0.0538. The zero-order chi connectivity index (χ0) is 21.7. The van der Waals surface area contributed by atoms with Gasteiger partial charge in [0.05, 0.1) is 35.5 Å². The zero-order valence-corrected chi connectivity index (χ0v) is 15.6. The molecule has 0 spiro atoms. The molecule has 2 aromatic rings. The molecule has 0 radical (unpaired) electrons. The predicted octanol–water partition coefficient (Wildman–Crippen LogP) is 3.47. The molecule has 160 valence electrons. The minimum Gasteiger partial charge on any atom is -0.484 e. The molecule has 0 aliphatic carbocycles.